The lowest BCUT2D eigenvalue weighted by Crippen LogP contribution is -2.16. The molecule has 1 aromatic rings. The summed E-state index contributed by atoms with van der Waals surface area (Å²) in [5.41, 5.74) is 3.53. The summed E-state index contributed by atoms with van der Waals surface area (Å²) < 4.78 is 9.95. The molecule has 0 amide bonds. The Hall–Kier alpha value is -1.55. The largest absolute Gasteiger partial charge is 0.464 e. The SMILES string of the molecule is CCOC(=O)COCCNc1cc(C)cc(C)c1. The van der Waals surface area contributed by atoms with Crippen LogP contribution in [0.2, 0.25) is 0 Å². The van der Waals surface area contributed by atoms with Gasteiger partial charge in [-0.25, -0.2) is 4.79 Å². The standard InChI is InChI=1S/C14H21NO3/c1-4-18-14(16)10-17-6-5-15-13-8-11(2)7-12(3)9-13/h7-9,15H,4-6,10H2,1-3H3. The molecule has 0 radical (unpaired) electrons. The Morgan fingerprint density at radius 2 is 1.89 bits per heavy atom. The minimum absolute atomic E-state index is 0.0162. The van der Waals surface area contributed by atoms with Gasteiger partial charge in [-0.15, -0.1) is 0 Å². The number of esters is 1. The Bertz CT molecular complexity index is 370. The maximum Gasteiger partial charge on any atom is 0.332 e. The summed E-state index contributed by atoms with van der Waals surface area (Å²) in [6.45, 7) is 7.46. The van der Waals surface area contributed by atoms with Crippen molar-refractivity contribution in [2.45, 2.75) is 20.8 Å². The van der Waals surface area contributed by atoms with Gasteiger partial charge in [0.05, 0.1) is 13.2 Å². The van der Waals surface area contributed by atoms with E-state index in [0.717, 1.165) is 5.69 Å². The third-order valence-corrected chi connectivity index (χ3v) is 2.32. The van der Waals surface area contributed by atoms with Crippen molar-refractivity contribution < 1.29 is 14.3 Å². The number of anilines is 1. The second kappa shape index (κ2) is 7.71. The predicted octanol–water partition coefficient (Wildman–Crippen LogP) is 2.30. The highest BCUT2D eigenvalue weighted by molar-refractivity contribution is 5.70. The van der Waals surface area contributed by atoms with Crippen LogP contribution in [0.4, 0.5) is 5.69 Å². The highest BCUT2D eigenvalue weighted by Crippen LogP contribution is 2.13. The molecule has 0 fully saturated rings. The maximum atomic E-state index is 11.0. The second-order valence-electron chi connectivity index (χ2n) is 4.16. The van der Waals surface area contributed by atoms with Crippen molar-refractivity contribution >= 4 is 11.7 Å². The number of rotatable bonds is 7. The molecule has 0 heterocycles. The molecule has 4 nitrogen and oxygen atoms in total. The number of carbonyl (C=O) groups excluding carboxylic acids is 1. The van der Waals surface area contributed by atoms with E-state index in [-0.39, 0.29) is 12.6 Å². The van der Waals surface area contributed by atoms with Crippen LogP contribution in [-0.2, 0) is 14.3 Å². The number of benzene rings is 1. The summed E-state index contributed by atoms with van der Waals surface area (Å²) in [6, 6.07) is 6.29. The van der Waals surface area contributed by atoms with E-state index >= 15 is 0 Å². The monoisotopic (exact) mass is 251 g/mol. The van der Waals surface area contributed by atoms with Crippen LogP contribution < -0.4 is 5.32 Å². The molecular formula is C14H21NO3. The summed E-state index contributed by atoms with van der Waals surface area (Å²) in [5, 5.41) is 3.25. The molecule has 0 atom stereocenters. The van der Waals surface area contributed by atoms with Crippen LogP contribution in [0.15, 0.2) is 18.2 Å². The molecule has 0 aliphatic heterocycles. The van der Waals surface area contributed by atoms with Crippen molar-refractivity contribution in [1.82, 2.24) is 0 Å². The lowest BCUT2D eigenvalue weighted by Gasteiger charge is -2.09. The second-order valence-corrected chi connectivity index (χ2v) is 4.16. The molecule has 0 spiro atoms. The van der Waals surface area contributed by atoms with Crippen LogP contribution in [0.3, 0.4) is 0 Å². The summed E-state index contributed by atoms with van der Waals surface area (Å²) in [7, 11) is 0. The Morgan fingerprint density at radius 1 is 1.22 bits per heavy atom. The van der Waals surface area contributed by atoms with Crippen LogP contribution in [0.1, 0.15) is 18.1 Å². The van der Waals surface area contributed by atoms with Crippen molar-refractivity contribution in [3.8, 4) is 0 Å². The van der Waals surface area contributed by atoms with Gasteiger partial charge in [0.2, 0.25) is 0 Å². The average Bonchev–Trinajstić information content (AvgIpc) is 2.27. The van der Waals surface area contributed by atoms with Gasteiger partial charge in [-0.2, -0.15) is 0 Å². The zero-order chi connectivity index (χ0) is 13.4. The van der Waals surface area contributed by atoms with E-state index in [1.807, 2.05) is 0 Å². The van der Waals surface area contributed by atoms with Crippen LogP contribution >= 0.6 is 0 Å². The molecule has 100 valence electrons. The molecule has 0 saturated carbocycles. The van der Waals surface area contributed by atoms with Gasteiger partial charge in [-0.1, -0.05) is 6.07 Å². The molecule has 0 aliphatic rings. The van der Waals surface area contributed by atoms with E-state index in [2.05, 4.69) is 37.4 Å². The normalized spacial score (nSPS) is 10.2. The Morgan fingerprint density at radius 3 is 2.50 bits per heavy atom. The number of hydrogen-bond donors (Lipinski definition) is 1. The first-order chi connectivity index (χ1) is 8.61. The molecule has 0 aromatic heterocycles. The molecule has 1 aromatic carbocycles. The molecule has 4 heteroatoms. The highest BCUT2D eigenvalue weighted by atomic mass is 16.6. The zero-order valence-corrected chi connectivity index (χ0v) is 11.3. The first-order valence-electron chi connectivity index (χ1n) is 6.17. The predicted molar refractivity (Wildman–Crippen MR) is 71.9 cm³/mol. The van der Waals surface area contributed by atoms with Crippen molar-refractivity contribution in [1.29, 1.82) is 0 Å². The lowest BCUT2D eigenvalue weighted by molar-refractivity contribution is -0.148. The average molecular weight is 251 g/mol. The van der Waals surface area contributed by atoms with Crippen LogP contribution in [0.25, 0.3) is 0 Å². The van der Waals surface area contributed by atoms with Crippen molar-refractivity contribution in [3.05, 3.63) is 29.3 Å². The van der Waals surface area contributed by atoms with Crippen molar-refractivity contribution in [3.63, 3.8) is 0 Å². The molecule has 18 heavy (non-hydrogen) atoms. The number of nitrogens with one attached hydrogen (secondary N) is 1. The van der Waals surface area contributed by atoms with Gasteiger partial charge >= 0.3 is 5.97 Å². The van der Waals surface area contributed by atoms with Crippen molar-refractivity contribution in [2.24, 2.45) is 0 Å². The zero-order valence-electron chi connectivity index (χ0n) is 11.3. The lowest BCUT2D eigenvalue weighted by atomic mass is 10.1. The van der Waals surface area contributed by atoms with Crippen LogP contribution in [0.5, 0.6) is 0 Å². The fourth-order valence-corrected chi connectivity index (χ4v) is 1.70. The molecule has 1 N–H and O–H groups in total. The maximum absolute atomic E-state index is 11.0. The molecular weight excluding hydrogens is 230 g/mol. The third kappa shape index (κ3) is 5.68. The molecule has 0 unspecified atom stereocenters. The molecule has 1 rings (SSSR count). The first kappa shape index (κ1) is 14.5. The number of aryl methyl sites for hydroxylation is 2. The van der Waals surface area contributed by atoms with E-state index in [9.17, 15) is 4.79 Å². The van der Waals surface area contributed by atoms with Gasteiger partial charge in [0.25, 0.3) is 0 Å². The smallest absolute Gasteiger partial charge is 0.332 e. The van der Waals surface area contributed by atoms with E-state index in [4.69, 9.17) is 9.47 Å². The van der Waals surface area contributed by atoms with Gasteiger partial charge in [0, 0.05) is 12.2 Å². The fourth-order valence-electron chi connectivity index (χ4n) is 1.70. The van der Waals surface area contributed by atoms with Gasteiger partial charge in [0.15, 0.2) is 0 Å². The molecule has 0 bridgehead atoms. The fraction of sp³-hybridized carbons (Fsp3) is 0.500. The van der Waals surface area contributed by atoms with Gasteiger partial charge in [-0.05, 0) is 44.0 Å². The van der Waals surface area contributed by atoms with Gasteiger partial charge in [0.1, 0.15) is 6.61 Å². The topological polar surface area (TPSA) is 47.6 Å². The summed E-state index contributed by atoms with van der Waals surface area (Å²) in [6.07, 6.45) is 0. The van der Waals surface area contributed by atoms with E-state index in [1.165, 1.54) is 11.1 Å². The van der Waals surface area contributed by atoms with E-state index in [0.29, 0.717) is 19.8 Å². The number of carbonyl (C=O) groups is 1. The summed E-state index contributed by atoms with van der Waals surface area (Å²) in [5.74, 6) is -0.316. The number of hydrogen-bond acceptors (Lipinski definition) is 4. The number of ether oxygens (including phenoxy) is 2. The first-order valence-corrected chi connectivity index (χ1v) is 6.17. The quantitative estimate of drug-likeness (QED) is 0.596. The molecule has 0 aliphatic carbocycles. The Kier molecular flexibility index (Phi) is 6.22. The minimum Gasteiger partial charge on any atom is -0.464 e. The summed E-state index contributed by atoms with van der Waals surface area (Å²) >= 11 is 0. The van der Waals surface area contributed by atoms with Crippen LogP contribution in [0, 0.1) is 13.8 Å². The summed E-state index contributed by atoms with van der Waals surface area (Å²) in [4.78, 5) is 11.0. The Labute approximate surface area is 108 Å². The molecule has 0 saturated heterocycles. The highest BCUT2D eigenvalue weighted by Gasteiger charge is 2.00. The van der Waals surface area contributed by atoms with Crippen molar-refractivity contribution in [2.75, 3.05) is 31.7 Å². The Balaban J connectivity index is 2.19. The third-order valence-electron chi connectivity index (χ3n) is 2.32. The van der Waals surface area contributed by atoms with E-state index in [1.54, 1.807) is 6.92 Å². The van der Waals surface area contributed by atoms with Gasteiger partial charge in [-0.3, -0.25) is 0 Å². The van der Waals surface area contributed by atoms with Crippen LogP contribution in [-0.4, -0.2) is 32.3 Å². The van der Waals surface area contributed by atoms with E-state index < -0.39 is 0 Å². The minimum atomic E-state index is -0.316. The van der Waals surface area contributed by atoms with Gasteiger partial charge < -0.3 is 14.8 Å².